The van der Waals surface area contributed by atoms with Crippen LogP contribution in [0.4, 0.5) is 0 Å². The van der Waals surface area contributed by atoms with Crippen LogP contribution in [0.2, 0.25) is 0 Å². The highest BCUT2D eigenvalue weighted by atomic mass is 16.5. The van der Waals surface area contributed by atoms with Crippen LogP contribution in [0.15, 0.2) is 30.6 Å². The van der Waals surface area contributed by atoms with E-state index in [2.05, 4.69) is 21.1 Å². The minimum atomic E-state index is -0.837. The van der Waals surface area contributed by atoms with Gasteiger partial charge in [-0.1, -0.05) is 24.3 Å². The van der Waals surface area contributed by atoms with Gasteiger partial charge in [0.05, 0.1) is 6.42 Å². The smallest absolute Gasteiger partial charge is 0.311 e. The van der Waals surface area contributed by atoms with Crippen LogP contribution in [0.3, 0.4) is 0 Å². The second kappa shape index (κ2) is 7.62. The summed E-state index contributed by atoms with van der Waals surface area (Å²) in [5.41, 5.74) is 4.63. The number of amides is 1. The zero-order chi connectivity index (χ0) is 20.5. The van der Waals surface area contributed by atoms with Gasteiger partial charge in [0.2, 0.25) is 0 Å². The van der Waals surface area contributed by atoms with E-state index in [1.165, 1.54) is 11.9 Å². The molecule has 0 saturated carbocycles. The fourth-order valence-electron chi connectivity index (χ4n) is 3.79. The van der Waals surface area contributed by atoms with E-state index < -0.39 is 12.1 Å². The molecule has 0 N–H and O–H groups in total. The van der Waals surface area contributed by atoms with Gasteiger partial charge in [0.25, 0.3) is 11.7 Å². The topological polar surface area (TPSA) is 89.7 Å². The van der Waals surface area contributed by atoms with Crippen molar-refractivity contribution in [3.8, 4) is 0 Å². The average molecular weight is 393 g/mol. The van der Waals surface area contributed by atoms with Crippen LogP contribution >= 0.6 is 0 Å². The molecule has 1 aliphatic heterocycles. The van der Waals surface area contributed by atoms with E-state index in [1.54, 1.807) is 16.3 Å². The summed E-state index contributed by atoms with van der Waals surface area (Å²) in [4.78, 5) is 35.5. The molecule has 3 aromatic rings. The van der Waals surface area contributed by atoms with Crippen LogP contribution in [0.25, 0.3) is 5.78 Å². The van der Waals surface area contributed by atoms with Gasteiger partial charge in [0.1, 0.15) is 6.33 Å². The van der Waals surface area contributed by atoms with E-state index >= 15 is 0 Å². The summed E-state index contributed by atoms with van der Waals surface area (Å²) in [5.74, 6) is -0.145. The second-order valence-corrected chi connectivity index (χ2v) is 7.32. The molecule has 1 aliphatic rings. The Balaban J connectivity index is 1.42. The first-order chi connectivity index (χ1) is 13.9. The Kier molecular flexibility index (Phi) is 5.00. The Bertz CT molecular complexity index is 1090. The van der Waals surface area contributed by atoms with Crippen molar-refractivity contribution in [1.82, 2.24) is 24.5 Å². The van der Waals surface area contributed by atoms with Crippen LogP contribution in [-0.4, -0.2) is 49.0 Å². The molecule has 3 heterocycles. The summed E-state index contributed by atoms with van der Waals surface area (Å²) in [6, 6.07) is 8.10. The second-order valence-electron chi connectivity index (χ2n) is 7.32. The maximum atomic E-state index is 12.8. The standard InChI is InChI=1S/C21H23N5O3/c1-13-18(14(2)26-21(24-13)22-12-23-26)10-19(27)29-15(3)20(28)25-9-8-16-6-4-5-7-17(16)11-25/h4-7,12,15H,8-11H2,1-3H3/t15-/m1/s1. The number of carbonyl (C=O) groups is 2. The van der Waals surface area contributed by atoms with Gasteiger partial charge in [-0.3, -0.25) is 9.59 Å². The number of esters is 1. The first-order valence-electron chi connectivity index (χ1n) is 9.65. The number of carbonyl (C=O) groups excluding carboxylic acids is 2. The lowest BCUT2D eigenvalue weighted by Crippen LogP contribution is -2.42. The van der Waals surface area contributed by atoms with E-state index in [0.29, 0.717) is 24.6 Å². The maximum Gasteiger partial charge on any atom is 0.311 e. The third kappa shape index (κ3) is 3.70. The summed E-state index contributed by atoms with van der Waals surface area (Å²) in [6.07, 6.45) is 1.43. The number of fused-ring (bicyclic) bond motifs is 2. The van der Waals surface area contributed by atoms with E-state index in [0.717, 1.165) is 23.2 Å². The molecule has 1 atom stereocenters. The Labute approximate surface area is 168 Å². The largest absolute Gasteiger partial charge is 0.452 e. The highest BCUT2D eigenvalue weighted by Gasteiger charge is 2.27. The number of nitrogens with zero attached hydrogens (tertiary/aromatic N) is 5. The van der Waals surface area contributed by atoms with Crippen LogP contribution in [0.1, 0.15) is 35.0 Å². The first-order valence-corrected chi connectivity index (χ1v) is 9.65. The van der Waals surface area contributed by atoms with Crippen LogP contribution in [0, 0.1) is 13.8 Å². The molecule has 0 spiro atoms. The number of aromatic nitrogens is 4. The van der Waals surface area contributed by atoms with Crippen molar-refractivity contribution in [2.45, 2.75) is 46.3 Å². The molecule has 150 valence electrons. The molecule has 0 aliphatic carbocycles. The fourth-order valence-corrected chi connectivity index (χ4v) is 3.79. The lowest BCUT2D eigenvalue weighted by molar-refractivity contribution is -0.159. The molecular weight excluding hydrogens is 370 g/mol. The zero-order valence-corrected chi connectivity index (χ0v) is 16.8. The Morgan fingerprint density at radius 3 is 2.76 bits per heavy atom. The quantitative estimate of drug-likeness (QED) is 0.628. The van der Waals surface area contributed by atoms with Crippen molar-refractivity contribution in [2.75, 3.05) is 6.54 Å². The van der Waals surface area contributed by atoms with E-state index in [4.69, 9.17) is 4.74 Å². The van der Waals surface area contributed by atoms with Gasteiger partial charge in [-0.15, -0.1) is 0 Å². The molecule has 0 unspecified atom stereocenters. The lowest BCUT2D eigenvalue weighted by Gasteiger charge is -2.30. The Morgan fingerprint density at radius 1 is 1.21 bits per heavy atom. The molecular formula is C21H23N5O3. The first kappa shape index (κ1) is 19.0. The molecule has 29 heavy (non-hydrogen) atoms. The molecule has 2 aromatic heterocycles. The van der Waals surface area contributed by atoms with Crippen molar-refractivity contribution in [2.24, 2.45) is 0 Å². The number of hydrogen-bond donors (Lipinski definition) is 0. The highest BCUT2D eigenvalue weighted by molar-refractivity contribution is 5.84. The van der Waals surface area contributed by atoms with Gasteiger partial charge < -0.3 is 9.64 Å². The number of ether oxygens (including phenoxy) is 1. The van der Waals surface area contributed by atoms with Crippen molar-refractivity contribution in [3.05, 3.63) is 58.7 Å². The maximum absolute atomic E-state index is 12.8. The van der Waals surface area contributed by atoms with Crippen molar-refractivity contribution in [1.29, 1.82) is 0 Å². The number of hydrogen-bond acceptors (Lipinski definition) is 6. The normalized spacial score (nSPS) is 14.5. The van der Waals surface area contributed by atoms with Gasteiger partial charge in [0, 0.05) is 30.0 Å². The van der Waals surface area contributed by atoms with E-state index in [1.807, 2.05) is 32.0 Å². The Hall–Kier alpha value is -3.29. The molecule has 1 amide bonds. The van der Waals surface area contributed by atoms with Crippen molar-refractivity contribution >= 4 is 17.7 Å². The van der Waals surface area contributed by atoms with Crippen LogP contribution in [0.5, 0.6) is 0 Å². The van der Waals surface area contributed by atoms with Crippen LogP contribution in [-0.2, 0) is 33.7 Å². The van der Waals surface area contributed by atoms with E-state index in [-0.39, 0.29) is 12.3 Å². The zero-order valence-electron chi connectivity index (χ0n) is 16.8. The molecule has 4 rings (SSSR count). The summed E-state index contributed by atoms with van der Waals surface area (Å²) in [7, 11) is 0. The monoisotopic (exact) mass is 393 g/mol. The molecule has 8 nitrogen and oxygen atoms in total. The van der Waals surface area contributed by atoms with Gasteiger partial charge in [0.15, 0.2) is 6.10 Å². The van der Waals surface area contributed by atoms with Gasteiger partial charge in [-0.25, -0.2) is 9.50 Å². The number of benzene rings is 1. The molecule has 8 heteroatoms. The number of aryl methyl sites for hydroxylation is 2. The highest BCUT2D eigenvalue weighted by Crippen LogP contribution is 2.20. The van der Waals surface area contributed by atoms with Crippen molar-refractivity contribution in [3.63, 3.8) is 0 Å². The van der Waals surface area contributed by atoms with Crippen LogP contribution < -0.4 is 0 Å². The van der Waals surface area contributed by atoms with Crippen molar-refractivity contribution < 1.29 is 14.3 Å². The number of rotatable bonds is 4. The molecule has 1 aromatic carbocycles. The minimum Gasteiger partial charge on any atom is -0.452 e. The third-order valence-electron chi connectivity index (χ3n) is 5.41. The third-order valence-corrected chi connectivity index (χ3v) is 5.41. The van der Waals surface area contributed by atoms with Gasteiger partial charge in [-0.05, 0) is 38.3 Å². The predicted octanol–water partition coefficient (Wildman–Crippen LogP) is 1.80. The molecule has 0 radical (unpaired) electrons. The molecule has 0 saturated heterocycles. The summed E-state index contributed by atoms with van der Waals surface area (Å²) >= 11 is 0. The van der Waals surface area contributed by atoms with E-state index in [9.17, 15) is 9.59 Å². The summed E-state index contributed by atoms with van der Waals surface area (Å²) in [5, 5.41) is 4.13. The SMILES string of the molecule is Cc1nc2ncnn2c(C)c1CC(=O)O[C@H](C)C(=O)N1CCc2ccccc2C1. The fraction of sp³-hybridized carbons (Fsp3) is 0.381. The summed E-state index contributed by atoms with van der Waals surface area (Å²) < 4.78 is 7.05. The Morgan fingerprint density at radius 2 is 1.97 bits per heavy atom. The summed E-state index contributed by atoms with van der Waals surface area (Å²) in [6.45, 7) is 6.48. The predicted molar refractivity (Wildman–Crippen MR) is 105 cm³/mol. The van der Waals surface area contributed by atoms with Gasteiger partial charge in [-0.2, -0.15) is 10.1 Å². The minimum absolute atomic E-state index is 0.0287. The van der Waals surface area contributed by atoms with Gasteiger partial charge >= 0.3 is 5.97 Å². The molecule has 0 bridgehead atoms. The molecule has 0 fully saturated rings. The lowest BCUT2D eigenvalue weighted by atomic mass is 9.99. The average Bonchev–Trinajstić information content (AvgIpc) is 3.18.